The van der Waals surface area contributed by atoms with Crippen LogP contribution in [0.4, 0.5) is 0 Å². The van der Waals surface area contributed by atoms with Crippen LogP contribution in [-0.4, -0.2) is 6.71 Å². The smallest absolute Gasteiger partial charge is 0.0905 e. The minimum Gasteiger partial charge on any atom is -0.0905 e. The highest BCUT2D eigenvalue weighted by Gasteiger charge is 2.40. The molecule has 0 aliphatic carbocycles. The maximum absolute atomic E-state index is 2.46. The topological polar surface area (TPSA) is 0 Å². The van der Waals surface area contributed by atoms with Crippen molar-refractivity contribution >= 4 is 46.6 Å². The molecule has 0 bridgehead atoms. The van der Waals surface area contributed by atoms with Crippen LogP contribution in [0.3, 0.4) is 0 Å². The van der Waals surface area contributed by atoms with Gasteiger partial charge in [0.2, 0.25) is 6.71 Å². The Kier molecular flexibility index (Phi) is 6.54. The van der Waals surface area contributed by atoms with Gasteiger partial charge in [0.15, 0.2) is 0 Å². The number of rotatable bonds is 4. The zero-order valence-electron chi connectivity index (χ0n) is 24.5. The van der Waals surface area contributed by atoms with Gasteiger partial charge in [0.05, 0.1) is 0 Å². The Labute approximate surface area is 273 Å². The fourth-order valence-electron chi connectivity index (χ4n) is 6.85. The summed E-state index contributed by atoms with van der Waals surface area (Å²) in [6.07, 6.45) is 0. The lowest BCUT2D eigenvalue weighted by atomic mass is 9.36. The molecule has 7 aromatic carbocycles. The van der Waals surface area contributed by atoms with E-state index >= 15 is 0 Å². The Bertz CT molecular complexity index is 2030. The summed E-state index contributed by atoms with van der Waals surface area (Å²) in [7, 11) is 0. The molecule has 9 rings (SSSR count). The van der Waals surface area contributed by atoms with Crippen molar-refractivity contribution in [3.8, 4) is 44.5 Å². The quantitative estimate of drug-likeness (QED) is 0.183. The van der Waals surface area contributed by atoms with Crippen LogP contribution in [-0.2, 0) is 0 Å². The summed E-state index contributed by atoms with van der Waals surface area (Å²) in [6, 6.07) is 60.1. The first kappa shape index (κ1) is 26.7. The molecule has 0 radical (unpaired) electrons. The van der Waals surface area contributed by atoms with E-state index in [1.165, 1.54) is 80.5 Å². The molecule has 0 nitrogen and oxygen atoms in total. The Morgan fingerprint density at radius 3 is 1.13 bits per heavy atom. The first-order valence-corrected chi connectivity index (χ1v) is 17.0. The van der Waals surface area contributed by atoms with Crippen LogP contribution >= 0.6 is 23.5 Å². The molecular formula is C42H27BS2. The number of hydrogen-bond donors (Lipinski definition) is 0. The molecule has 0 atom stereocenters. The molecule has 3 heteroatoms. The van der Waals surface area contributed by atoms with E-state index in [0.29, 0.717) is 0 Å². The Morgan fingerprint density at radius 1 is 0.333 bits per heavy atom. The molecule has 2 aliphatic rings. The lowest BCUT2D eigenvalue weighted by Crippen LogP contribution is -2.58. The summed E-state index contributed by atoms with van der Waals surface area (Å²) >= 11 is 3.87. The van der Waals surface area contributed by atoms with Crippen molar-refractivity contribution in [1.29, 1.82) is 0 Å². The maximum Gasteiger partial charge on any atom is 0.247 e. The lowest BCUT2D eigenvalue weighted by Gasteiger charge is -2.35. The summed E-state index contributed by atoms with van der Waals surface area (Å²) in [6.45, 7) is 0.204. The molecule has 7 aromatic rings. The van der Waals surface area contributed by atoms with Crippen molar-refractivity contribution in [2.24, 2.45) is 0 Å². The van der Waals surface area contributed by atoms with Gasteiger partial charge in [-0.05, 0) is 68.2 Å². The van der Waals surface area contributed by atoms with Crippen LogP contribution in [0, 0.1) is 0 Å². The molecular weight excluding hydrogens is 579 g/mol. The predicted octanol–water partition coefficient (Wildman–Crippen LogP) is 9.80. The minimum absolute atomic E-state index is 0.204. The highest BCUT2D eigenvalue weighted by Crippen LogP contribution is 2.47. The van der Waals surface area contributed by atoms with Gasteiger partial charge in [-0.15, -0.1) is 0 Å². The third-order valence-electron chi connectivity index (χ3n) is 9.05. The second-order valence-electron chi connectivity index (χ2n) is 11.6. The molecule has 0 N–H and O–H groups in total. The number of hydrogen-bond acceptors (Lipinski definition) is 2. The van der Waals surface area contributed by atoms with Crippen LogP contribution in [0.25, 0.3) is 44.5 Å². The van der Waals surface area contributed by atoms with E-state index in [1.807, 2.05) is 23.5 Å². The number of fused-ring (bicyclic) bond motifs is 4. The van der Waals surface area contributed by atoms with Crippen LogP contribution < -0.4 is 16.4 Å². The summed E-state index contributed by atoms with van der Waals surface area (Å²) in [5.74, 6) is 0. The van der Waals surface area contributed by atoms with E-state index in [0.717, 1.165) is 0 Å². The summed E-state index contributed by atoms with van der Waals surface area (Å²) in [4.78, 5) is 5.47. The van der Waals surface area contributed by atoms with Gasteiger partial charge in [0.1, 0.15) is 0 Å². The van der Waals surface area contributed by atoms with Crippen LogP contribution in [0.5, 0.6) is 0 Å². The van der Waals surface area contributed by atoms with E-state index in [1.54, 1.807) is 0 Å². The average molecular weight is 607 g/mol. The third-order valence-corrected chi connectivity index (χ3v) is 11.5. The van der Waals surface area contributed by atoms with Crippen LogP contribution in [0.15, 0.2) is 183 Å². The molecule has 2 aliphatic heterocycles. The average Bonchev–Trinajstić information content (AvgIpc) is 3.12. The van der Waals surface area contributed by atoms with Gasteiger partial charge in [0.25, 0.3) is 0 Å². The third kappa shape index (κ3) is 4.58. The van der Waals surface area contributed by atoms with Gasteiger partial charge in [-0.3, -0.25) is 0 Å². The second kappa shape index (κ2) is 11.0. The van der Waals surface area contributed by atoms with E-state index < -0.39 is 0 Å². The fraction of sp³-hybridized carbons (Fsp3) is 0. The van der Waals surface area contributed by atoms with E-state index in [4.69, 9.17) is 0 Å². The summed E-state index contributed by atoms with van der Waals surface area (Å²) in [5.41, 5.74) is 14.4. The molecule has 45 heavy (non-hydrogen) atoms. The Hall–Kier alpha value is -4.70. The zero-order valence-corrected chi connectivity index (χ0v) is 26.1. The number of benzene rings is 7. The van der Waals surface area contributed by atoms with Gasteiger partial charge in [0, 0.05) is 19.6 Å². The molecule has 0 spiro atoms. The first-order valence-electron chi connectivity index (χ1n) is 15.4. The lowest BCUT2D eigenvalue weighted by molar-refractivity contribution is 1.33. The van der Waals surface area contributed by atoms with E-state index in [9.17, 15) is 0 Å². The molecule has 0 amide bonds. The molecule has 0 fully saturated rings. The molecule has 0 saturated carbocycles. The van der Waals surface area contributed by atoms with Gasteiger partial charge in [-0.2, -0.15) is 0 Å². The molecule has 2 heterocycles. The van der Waals surface area contributed by atoms with Crippen molar-refractivity contribution in [3.05, 3.63) is 164 Å². The highest BCUT2D eigenvalue weighted by molar-refractivity contribution is 8.01. The highest BCUT2D eigenvalue weighted by atomic mass is 32.2. The molecule has 0 unspecified atom stereocenters. The standard InChI is InChI=1S/C42H27BS2/c1-3-11-28(12-4-1)30-19-23-32(24-20-30)34-27-35(33-25-21-31(22-26-33)29-13-5-2-6-14-29)42-40-41(34)44-38-17-9-7-15-36(38)43(40)37-16-8-10-18-39(37)45-42/h1-27H. The molecule has 0 aromatic heterocycles. The van der Waals surface area contributed by atoms with Gasteiger partial charge < -0.3 is 0 Å². The zero-order chi connectivity index (χ0) is 29.7. The Balaban J connectivity index is 1.27. The largest absolute Gasteiger partial charge is 0.247 e. The van der Waals surface area contributed by atoms with Crippen LogP contribution in [0.1, 0.15) is 0 Å². The van der Waals surface area contributed by atoms with Gasteiger partial charge in [-0.25, -0.2) is 0 Å². The summed E-state index contributed by atoms with van der Waals surface area (Å²) < 4.78 is 0. The first-order chi connectivity index (χ1) is 22.3. The van der Waals surface area contributed by atoms with Crippen molar-refractivity contribution in [3.63, 3.8) is 0 Å². The Morgan fingerprint density at radius 2 is 0.689 bits per heavy atom. The fourth-order valence-corrected chi connectivity index (χ4v) is 9.49. The van der Waals surface area contributed by atoms with E-state index in [-0.39, 0.29) is 6.71 Å². The summed E-state index contributed by atoms with van der Waals surface area (Å²) in [5, 5.41) is 0. The van der Waals surface area contributed by atoms with Crippen molar-refractivity contribution in [2.45, 2.75) is 19.6 Å². The SMILES string of the molecule is c1ccc(-c2ccc(-c3cc(-c4ccc(-c5ccccc5)cc4)c4c5c3Sc3ccccc3B5c3ccccc3S4)cc2)cc1. The molecule has 210 valence electrons. The van der Waals surface area contributed by atoms with E-state index in [2.05, 4.69) is 164 Å². The van der Waals surface area contributed by atoms with Gasteiger partial charge >= 0.3 is 0 Å². The molecule has 0 saturated heterocycles. The monoisotopic (exact) mass is 606 g/mol. The van der Waals surface area contributed by atoms with Crippen molar-refractivity contribution in [1.82, 2.24) is 0 Å². The van der Waals surface area contributed by atoms with Crippen molar-refractivity contribution in [2.75, 3.05) is 0 Å². The van der Waals surface area contributed by atoms with Crippen LogP contribution in [0.2, 0.25) is 0 Å². The maximum atomic E-state index is 2.46. The second-order valence-corrected chi connectivity index (χ2v) is 13.7. The van der Waals surface area contributed by atoms with Crippen molar-refractivity contribution < 1.29 is 0 Å². The predicted molar refractivity (Wildman–Crippen MR) is 194 cm³/mol. The minimum atomic E-state index is 0.204. The normalized spacial score (nSPS) is 12.7. The van der Waals surface area contributed by atoms with Gasteiger partial charge in [-0.1, -0.05) is 180 Å².